The van der Waals surface area contributed by atoms with Gasteiger partial charge in [0, 0.05) is 0 Å². The second kappa shape index (κ2) is 6.79. The summed E-state index contributed by atoms with van der Waals surface area (Å²) in [5.41, 5.74) is 7.71. The molecule has 0 aliphatic heterocycles. The predicted molar refractivity (Wildman–Crippen MR) is 78.1 cm³/mol. The molecule has 0 aliphatic carbocycles. The zero-order chi connectivity index (χ0) is 13.9. The molecule has 0 aliphatic rings. The molecule has 0 saturated carbocycles. The Bertz CT molecular complexity index is 531. The molecule has 0 bridgehead atoms. The van der Waals surface area contributed by atoms with Crippen LogP contribution >= 0.6 is 12.4 Å². The molecule has 3 N–H and O–H groups in total. The van der Waals surface area contributed by atoms with Gasteiger partial charge in [-0.05, 0) is 16.7 Å². The fourth-order valence-electron chi connectivity index (χ4n) is 1.86. The summed E-state index contributed by atoms with van der Waals surface area (Å²) in [6.45, 7) is -1.26. The van der Waals surface area contributed by atoms with E-state index < -0.39 is 18.6 Å². The lowest BCUT2D eigenvalue weighted by atomic mass is 9.98. The highest BCUT2D eigenvalue weighted by Crippen LogP contribution is 2.30. The molecule has 0 amide bonds. The maximum Gasteiger partial charge on any atom is 0.289 e. The lowest BCUT2D eigenvalue weighted by molar-refractivity contribution is -0.0711. The molecule has 0 saturated heterocycles. The van der Waals surface area contributed by atoms with Crippen LogP contribution in [0.1, 0.15) is 11.6 Å². The fraction of sp³-hybridized carbons (Fsp3) is 0.200. The van der Waals surface area contributed by atoms with Gasteiger partial charge in [0.25, 0.3) is 5.92 Å². The number of rotatable bonds is 4. The molecule has 0 heterocycles. The van der Waals surface area contributed by atoms with Crippen LogP contribution in [-0.4, -0.2) is 17.6 Å². The third-order valence-electron chi connectivity index (χ3n) is 3.04. The zero-order valence-electron chi connectivity index (χ0n) is 10.7. The van der Waals surface area contributed by atoms with Gasteiger partial charge in [0.2, 0.25) is 0 Å². The van der Waals surface area contributed by atoms with Gasteiger partial charge in [0.05, 0.1) is 6.04 Å². The van der Waals surface area contributed by atoms with Crippen LogP contribution in [0.2, 0.25) is 0 Å². The lowest BCUT2D eigenvalue weighted by Gasteiger charge is -2.21. The Balaban J connectivity index is 0.00000200. The summed E-state index contributed by atoms with van der Waals surface area (Å²) in [5.74, 6) is -3.31. The number of nitrogens with two attached hydrogens (primary N) is 1. The van der Waals surface area contributed by atoms with Gasteiger partial charge >= 0.3 is 0 Å². The molecule has 2 aromatic rings. The zero-order valence-corrected chi connectivity index (χ0v) is 11.5. The van der Waals surface area contributed by atoms with Crippen LogP contribution in [0.4, 0.5) is 8.78 Å². The van der Waals surface area contributed by atoms with E-state index in [0.29, 0.717) is 5.56 Å². The Morgan fingerprint density at radius 2 is 1.45 bits per heavy atom. The van der Waals surface area contributed by atoms with Crippen LogP contribution in [0.25, 0.3) is 11.1 Å². The van der Waals surface area contributed by atoms with Crippen molar-refractivity contribution in [1.29, 1.82) is 0 Å². The van der Waals surface area contributed by atoms with Gasteiger partial charge in [-0.25, -0.2) is 8.78 Å². The van der Waals surface area contributed by atoms with Crippen molar-refractivity contribution >= 4 is 12.4 Å². The molecule has 2 aromatic carbocycles. The SMILES string of the molecule is Cl.N[C@H](c1ccc(-c2ccccc2)cc1)C(F)(F)CO. The highest BCUT2D eigenvalue weighted by Gasteiger charge is 2.37. The monoisotopic (exact) mass is 299 g/mol. The van der Waals surface area contributed by atoms with E-state index in [9.17, 15) is 8.78 Å². The van der Waals surface area contributed by atoms with Gasteiger partial charge in [-0.15, -0.1) is 12.4 Å². The normalized spacial score (nSPS) is 12.6. The van der Waals surface area contributed by atoms with Crippen molar-refractivity contribution in [3.63, 3.8) is 0 Å². The van der Waals surface area contributed by atoms with Crippen molar-refractivity contribution in [3.8, 4) is 11.1 Å². The molecule has 0 spiro atoms. The average molecular weight is 300 g/mol. The van der Waals surface area contributed by atoms with Crippen molar-refractivity contribution in [2.45, 2.75) is 12.0 Å². The first-order valence-electron chi connectivity index (χ1n) is 5.94. The van der Waals surface area contributed by atoms with Gasteiger partial charge < -0.3 is 10.8 Å². The Morgan fingerprint density at radius 1 is 0.950 bits per heavy atom. The largest absolute Gasteiger partial charge is 0.390 e. The van der Waals surface area contributed by atoms with Gasteiger partial charge in [-0.3, -0.25) is 0 Å². The summed E-state index contributed by atoms with van der Waals surface area (Å²) in [6.07, 6.45) is 0. The van der Waals surface area contributed by atoms with Gasteiger partial charge in [0.1, 0.15) is 6.61 Å². The first-order chi connectivity index (χ1) is 9.04. The molecule has 1 atom stereocenters. The minimum Gasteiger partial charge on any atom is -0.390 e. The van der Waals surface area contributed by atoms with Gasteiger partial charge in [-0.2, -0.15) is 0 Å². The Hall–Kier alpha value is -1.49. The average Bonchev–Trinajstić information content (AvgIpc) is 2.47. The summed E-state index contributed by atoms with van der Waals surface area (Å²) in [5, 5.41) is 8.63. The van der Waals surface area contributed by atoms with Gasteiger partial charge in [-0.1, -0.05) is 54.6 Å². The molecule has 0 unspecified atom stereocenters. The molecule has 0 radical (unpaired) electrons. The van der Waals surface area contributed by atoms with Crippen molar-refractivity contribution in [2.24, 2.45) is 5.73 Å². The summed E-state index contributed by atoms with van der Waals surface area (Å²) >= 11 is 0. The summed E-state index contributed by atoms with van der Waals surface area (Å²) in [7, 11) is 0. The molecule has 5 heteroatoms. The van der Waals surface area contributed by atoms with Crippen LogP contribution in [0.15, 0.2) is 54.6 Å². The van der Waals surface area contributed by atoms with E-state index in [2.05, 4.69) is 0 Å². The molecule has 20 heavy (non-hydrogen) atoms. The standard InChI is InChI=1S/C15H15F2NO.ClH/c16-15(17,10-19)14(18)13-8-6-12(7-9-13)11-4-2-1-3-5-11;/h1-9,14,19H,10,18H2;1H/t14-;/m1./s1. The van der Waals surface area contributed by atoms with Crippen LogP contribution in [-0.2, 0) is 0 Å². The smallest absolute Gasteiger partial charge is 0.289 e. The molecular formula is C15H16ClF2NO. The lowest BCUT2D eigenvalue weighted by Crippen LogP contribution is -2.36. The first kappa shape index (κ1) is 16.6. The van der Waals surface area contributed by atoms with Crippen molar-refractivity contribution in [3.05, 3.63) is 60.2 Å². The Kier molecular flexibility index (Phi) is 5.62. The van der Waals surface area contributed by atoms with Crippen LogP contribution in [0, 0.1) is 0 Å². The number of aliphatic hydroxyl groups is 1. The number of benzene rings is 2. The molecule has 0 aromatic heterocycles. The minimum atomic E-state index is -3.31. The van der Waals surface area contributed by atoms with E-state index in [0.717, 1.165) is 11.1 Å². The van der Waals surface area contributed by atoms with Crippen LogP contribution in [0.3, 0.4) is 0 Å². The molecule has 0 fully saturated rings. The fourth-order valence-corrected chi connectivity index (χ4v) is 1.86. The third-order valence-corrected chi connectivity index (χ3v) is 3.04. The van der Waals surface area contributed by atoms with E-state index in [1.807, 2.05) is 30.3 Å². The Labute approximate surface area is 122 Å². The van der Waals surface area contributed by atoms with Gasteiger partial charge in [0.15, 0.2) is 0 Å². The van der Waals surface area contributed by atoms with Crippen LogP contribution < -0.4 is 5.73 Å². The van der Waals surface area contributed by atoms with E-state index in [-0.39, 0.29) is 12.4 Å². The second-order valence-electron chi connectivity index (χ2n) is 4.38. The number of hydrogen-bond donors (Lipinski definition) is 2. The number of hydrogen-bond acceptors (Lipinski definition) is 2. The predicted octanol–water partition coefficient (Wildman–Crippen LogP) is 3.40. The second-order valence-corrected chi connectivity index (χ2v) is 4.38. The number of aliphatic hydroxyl groups excluding tert-OH is 1. The molecule has 2 nitrogen and oxygen atoms in total. The minimum absolute atomic E-state index is 0. The third kappa shape index (κ3) is 3.54. The maximum absolute atomic E-state index is 13.3. The topological polar surface area (TPSA) is 46.2 Å². The highest BCUT2D eigenvalue weighted by atomic mass is 35.5. The first-order valence-corrected chi connectivity index (χ1v) is 5.94. The van der Waals surface area contributed by atoms with Crippen molar-refractivity contribution in [1.82, 2.24) is 0 Å². The van der Waals surface area contributed by atoms with E-state index in [4.69, 9.17) is 10.8 Å². The highest BCUT2D eigenvalue weighted by molar-refractivity contribution is 5.85. The molecule has 108 valence electrons. The maximum atomic E-state index is 13.3. The summed E-state index contributed by atoms with van der Waals surface area (Å²) < 4.78 is 26.6. The van der Waals surface area contributed by atoms with Crippen molar-refractivity contribution in [2.75, 3.05) is 6.61 Å². The van der Waals surface area contributed by atoms with E-state index >= 15 is 0 Å². The quantitative estimate of drug-likeness (QED) is 0.909. The number of halogens is 3. The molecule has 2 rings (SSSR count). The van der Waals surface area contributed by atoms with E-state index in [1.54, 1.807) is 24.3 Å². The summed E-state index contributed by atoms with van der Waals surface area (Å²) in [6, 6.07) is 14.7. The van der Waals surface area contributed by atoms with Crippen molar-refractivity contribution < 1.29 is 13.9 Å². The van der Waals surface area contributed by atoms with Crippen LogP contribution in [0.5, 0.6) is 0 Å². The Morgan fingerprint density at radius 3 is 1.95 bits per heavy atom. The number of alkyl halides is 2. The van der Waals surface area contributed by atoms with E-state index in [1.165, 1.54) is 0 Å². The molecular weight excluding hydrogens is 284 g/mol. The summed E-state index contributed by atoms with van der Waals surface area (Å²) in [4.78, 5) is 0.